The molecule has 0 heterocycles. The Labute approximate surface area is 316 Å². The number of primary amides is 1. The molecule has 0 fully saturated rings. The molecule has 0 aromatic rings. The van der Waals surface area contributed by atoms with Crippen LogP contribution in [-0.4, -0.2) is 125 Å². The van der Waals surface area contributed by atoms with Gasteiger partial charge in [0.25, 0.3) is 0 Å². The molecule has 4 atom stereocenters. The van der Waals surface area contributed by atoms with E-state index in [0.717, 1.165) is 0 Å². The molecule has 0 spiro atoms. The second-order valence-electron chi connectivity index (χ2n) is 12.9. The van der Waals surface area contributed by atoms with Gasteiger partial charge >= 0.3 is 30.2 Å². The Hall–Kier alpha value is -5.84. The predicted molar refractivity (Wildman–Crippen MR) is 209 cm³/mol. The van der Waals surface area contributed by atoms with Crippen LogP contribution in [0.2, 0.25) is 0 Å². The first-order chi connectivity index (χ1) is 25.5. The average molecular weight is 772 g/mol. The van der Waals surface area contributed by atoms with Crippen molar-refractivity contribution < 1.29 is 24.0 Å². The van der Waals surface area contributed by atoms with Gasteiger partial charge in [-0.25, -0.2) is 24.0 Å². The molecule has 0 bridgehead atoms. The molecule has 0 aliphatic rings. The van der Waals surface area contributed by atoms with Crippen molar-refractivity contribution in [2.75, 3.05) is 52.4 Å². The number of nitrogens with one attached hydrogen (secondary N) is 9. The summed E-state index contributed by atoms with van der Waals surface area (Å²) in [6.07, 6.45) is 2.93. The Morgan fingerprint density at radius 1 is 0.444 bits per heavy atom. The van der Waals surface area contributed by atoms with Gasteiger partial charge in [-0.1, -0.05) is 13.8 Å². The van der Waals surface area contributed by atoms with Gasteiger partial charge in [0.05, 0.1) is 0 Å². The third-order valence-corrected chi connectivity index (χ3v) is 7.18. The molecule has 0 unspecified atom stereocenters. The first-order valence-electron chi connectivity index (χ1n) is 17.8. The second kappa shape index (κ2) is 28.7. The molecule has 0 saturated carbocycles. The molecule has 24 nitrogen and oxygen atoms in total. The SMILES string of the molecule is CC(C)CNC(=O)N[C@@H](CCCN=C(N)N)CNC(=O)N[C@@H](CCCN=C(N)N)CNC(=O)N[C@@H](C)CNC(=O)N[C@@H](CCCN=C(N)N)CNC(N)=O. The van der Waals surface area contributed by atoms with E-state index in [1.807, 2.05) is 13.8 Å². The lowest BCUT2D eigenvalue weighted by Gasteiger charge is -2.23. The predicted octanol–water partition coefficient (Wildman–Crippen LogP) is -3.84. The van der Waals surface area contributed by atoms with Gasteiger partial charge in [0.2, 0.25) is 0 Å². The molecule has 24 heteroatoms. The standard InChI is InChI=1S/C30H65N19O5/c1-18(2)13-42-28(52)48-22(9-6-12-40-25(35)36)17-45-30(54)49-21(8-5-11-39-24(33)34)16-44-27(51)46-19(3)14-43-29(53)47-20(15-41-26(37)50)7-4-10-38-23(31)32/h18-22H,4-17H2,1-3H3,(H4,31,32,38)(H4,33,34,39)(H4,35,36,40)(H3,37,41,50)(H2,42,48,52)(H2,43,47,53)(H2,44,46,51)(H2,45,49,54)/t19-,20-,21-,22-/m0/s1. The molecule has 0 rings (SSSR count). The van der Waals surface area contributed by atoms with Gasteiger partial charge in [0.1, 0.15) is 0 Å². The molecule has 0 radical (unpaired) electrons. The highest BCUT2D eigenvalue weighted by atomic mass is 16.2. The smallest absolute Gasteiger partial charge is 0.315 e. The van der Waals surface area contributed by atoms with Crippen molar-refractivity contribution in [1.82, 2.24) is 47.9 Å². The largest absolute Gasteiger partial charge is 0.370 e. The third kappa shape index (κ3) is 29.8. The Morgan fingerprint density at radius 2 is 0.759 bits per heavy atom. The fraction of sp³-hybridized carbons (Fsp3) is 0.733. The maximum atomic E-state index is 13.0. The molecule has 0 aliphatic carbocycles. The van der Waals surface area contributed by atoms with Crippen molar-refractivity contribution in [2.24, 2.45) is 61.0 Å². The van der Waals surface area contributed by atoms with Crippen LogP contribution in [0, 0.1) is 5.92 Å². The summed E-state index contributed by atoms with van der Waals surface area (Å²) < 4.78 is 0. The lowest BCUT2D eigenvalue weighted by Crippen LogP contribution is -2.54. The highest BCUT2D eigenvalue weighted by molar-refractivity contribution is 5.78. The van der Waals surface area contributed by atoms with Gasteiger partial charge < -0.3 is 88.0 Å². The molecule has 23 N–H and O–H groups in total. The summed E-state index contributed by atoms with van der Waals surface area (Å²) in [5.74, 6) is 0.0966. The minimum atomic E-state index is -0.737. The Morgan fingerprint density at radius 3 is 1.09 bits per heavy atom. The summed E-state index contributed by atoms with van der Waals surface area (Å²) in [6.45, 7) is 7.43. The van der Waals surface area contributed by atoms with Gasteiger partial charge in [-0.15, -0.1) is 0 Å². The normalized spacial score (nSPS) is 12.7. The van der Waals surface area contributed by atoms with Gasteiger partial charge in [0, 0.05) is 76.5 Å². The van der Waals surface area contributed by atoms with Gasteiger partial charge in [0.15, 0.2) is 17.9 Å². The zero-order valence-electron chi connectivity index (χ0n) is 31.7. The number of urea groups is 5. The Bertz CT molecular complexity index is 1220. The van der Waals surface area contributed by atoms with E-state index in [4.69, 9.17) is 40.1 Å². The van der Waals surface area contributed by atoms with Gasteiger partial charge in [-0.05, 0) is 51.4 Å². The van der Waals surface area contributed by atoms with E-state index in [1.165, 1.54) is 0 Å². The topological polar surface area (TPSA) is 413 Å². The number of guanidine groups is 3. The van der Waals surface area contributed by atoms with Crippen molar-refractivity contribution >= 4 is 48.0 Å². The zero-order valence-corrected chi connectivity index (χ0v) is 31.7. The number of rotatable bonds is 26. The summed E-state index contributed by atoms with van der Waals surface area (Å²) in [4.78, 5) is 73.6. The van der Waals surface area contributed by atoms with Crippen LogP contribution in [0.25, 0.3) is 0 Å². The van der Waals surface area contributed by atoms with Crippen LogP contribution in [0.5, 0.6) is 0 Å². The number of hydrogen-bond donors (Lipinski definition) is 16. The molecule has 10 amide bonds. The number of amides is 10. The van der Waals surface area contributed by atoms with Crippen molar-refractivity contribution in [3.8, 4) is 0 Å². The van der Waals surface area contributed by atoms with E-state index in [1.54, 1.807) is 6.92 Å². The van der Waals surface area contributed by atoms with Crippen molar-refractivity contribution in [2.45, 2.75) is 83.5 Å². The number of aliphatic imine (C=N–C) groups is 3. The molecule has 54 heavy (non-hydrogen) atoms. The number of carbonyl (C=O) groups excluding carboxylic acids is 5. The van der Waals surface area contributed by atoms with E-state index in [9.17, 15) is 24.0 Å². The molecule has 310 valence electrons. The molecule has 0 aliphatic heterocycles. The van der Waals surface area contributed by atoms with Crippen LogP contribution in [-0.2, 0) is 0 Å². The van der Waals surface area contributed by atoms with E-state index >= 15 is 0 Å². The lowest BCUT2D eigenvalue weighted by atomic mass is 10.1. The summed E-state index contributed by atoms with van der Waals surface area (Å²) in [7, 11) is 0. The highest BCUT2D eigenvalue weighted by Gasteiger charge is 2.18. The number of hydrogen-bond acceptors (Lipinski definition) is 8. The van der Waals surface area contributed by atoms with Gasteiger partial charge in [-0.2, -0.15) is 0 Å². The quantitative estimate of drug-likeness (QED) is 0.0229. The van der Waals surface area contributed by atoms with E-state index in [-0.39, 0.29) is 56.0 Å². The number of carbonyl (C=O) groups is 5. The zero-order chi connectivity index (χ0) is 40.9. The minimum absolute atomic E-state index is 0.0382. The fourth-order valence-electron chi connectivity index (χ4n) is 4.55. The molecular weight excluding hydrogens is 706 g/mol. The summed E-state index contributed by atoms with van der Waals surface area (Å²) in [5, 5.41) is 24.6. The van der Waals surface area contributed by atoms with E-state index in [2.05, 4.69) is 62.8 Å². The minimum Gasteiger partial charge on any atom is -0.370 e. The molecule has 0 aromatic heterocycles. The number of nitrogens with zero attached hydrogens (tertiary/aromatic N) is 3. The first-order valence-corrected chi connectivity index (χ1v) is 17.8. The lowest BCUT2D eigenvalue weighted by molar-refractivity contribution is 0.225. The van der Waals surface area contributed by atoms with Crippen LogP contribution < -0.4 is 88.0 Å². The van der Waals surface area contributed by atoms with Crippen LogP contribution in [0.3, 0.4) is 0 Å². The maximum absolute atomic E-state index is 13.0. The molecule has 0 saturated heterocycles. The van der Waals surface area contributed by atoms with Crippen molar-refractivity contribution in [3.05, 3.63) is 0 Å². The van der Waals surface area contributed by atoms with Crippen LogP contribution in [0.15, 0.2) is 15.0 Å². The first kappa shape index (κ1) is 48.2. The Kier molecular flexibility index (Phi) is 25.6. The van der Waals surface area contributed by atoms with Crippen LogP contribution >= 0.6 is 0 Å². The molecule has 0 aromatic carbocycles. The van der Waals surface area contributed by atoms with Crippen LogP contribution in [0.4, 0.5) is 24.0 Å². The van der Waals surface area contributed by atoms with Crippen molar-refractivity contribution in [3.63, 3.8) is 0 Å². The van der Waals surface area contributed by atoms with E-state index in [0.29, 0.717) is 64.7 Å². The fourth-order valence-corrected chi connectivity index (χ4v) is 4.55. The van der Waals surface area contributed by atoms with E-state index < -0.39 is 48.3 Å². The monoisotopic (exact) mass is 772 g/mol. The Balaban J connectivity index is 5.14. The summed E-state index contributed by atoms with van der Waals surface area (Å²) in [6, 6.07) is -4.59. The van der Waals surface area contributed by atoms with Crippen LogP contribution in [0.1, 0.15) is 59.3 Å². The van der Waals surface area contributed by atoms with Crippen molar-refractivity contribution in [1.29, 1.82) is 0 Å². The third-order valence-electron chi connectivity index (χ3n) is 7.18. The average Bonchev–Trinajstić information content (AvgIpc) is 3.08. The number of nitrogens with two attached hydrogens (primary N) is 7. The summed E-state index contributed by atoms with van der Waals surface area (Å²) in [5.41, 5.74) is 37.5. The van der Waals surface area contributed by atoms with Gasteiger partial charge in [-0.3, -0.25) is 15.0 Å². The summed E-state index contributed by atoms with van der Waals surface area (Å²) >= 11 is 0. The second-order valence-corrected chi connectivity index (χ2v) is 12.9. The molecular formula is C30H65N19O5. The highest BCUT2D eigenvalue weighted by Crippen LogP contribution is 2.01. The maximum Gasteiger partial charge on any atom is 0.315 e.